The van der Waals surface area contributed by atoms with Gasteiger partial charge in [0.25, 0.3) is 5.91 Å². The molecule has 0 aromatic heterocycles. The van der Waals surface area contributed by atoms with Crippen LogP contribution < -0.4 is 4.90 Å². The predicted molar refractivity (Wildman–Crippen MR) is 121 cm³/mol. The van der Waals surface area contributed by atoms with Gasteiger partial charge in [0.1, 0.15) is 0 Å². The lowest BCUT2D eigenvalue weighted by Crippen LogP contribution is -2.52. The molecule has 0 N–H and O–H groups in total. The number of rotatable bonds is 5. The molecule has 2 aromatic rings. The maximum Gasteiger partial charge on any atom is 0.254 e. The van der Waals surface area contributed by atoms with Gasteiger partial charge in [0.2, 0.25) is 5.91 Å². The van der Waals surface area contributed by atoms with E-state index in [1.807, 2.05) is 30.3 Å². The maximum absolute atomic E-state index is 14.0. The van der Waals surface area contributed by atoms with E-state index in [4.69, 9.17) is 4.74 Å². The molecule has 0 atom stereocenters. The van der Waals surface area contributed by atoms with Crippen LogP contribution in [0.3, 0.4) is 0 Å². The van der Waals surface area contributed by atoms with Crippen molar-refractivity contribution < 1.29 is 27.5 Å². The zero-order valence-electron chi connectivity index (χ0n) is 19.1. The molecule has 2 aliphatic rings. The van der Waals surface area contributed by atoms with Crippen LogP contribution in [0.1, 0.15) is 28.8 Å². The maximum atomic E-state index is 14.0. The Morgan fingerprint density at radius 1 is 1.00 bits per heavy atom. The Morgan fingerprint density at radius 3 is 2.29 bits per heavy atom. The van der Waals surface area contributed by atoms with Gasteiger partial charge >= 0.3 is 0 Å². The van der Waals surface area contributed by atoms with Crippen LogP contribution in [0.2, 0.25) is 0 Å². The van der Waals surface area contributed by atoms with E-state index < -0.39 is 23.4 Å². The lowest BCUT2D eigenvalue weighted by molar-refractivity contribution is -0.121. The highest BCUT2D eigenvalue weighted by Crippen LogP contribution is 2.27. The molecule has 2 fully saturated rings. The minimum atomic E-state index is -1.58. The van der Waals surface area contributed by atoms with Crippen LogP contribution >= 0.6 is 0 Å². The van der Waals surface area contributed by atoms with E-state index in [9.17, 15) is 22.8 Å². The first kappa shape index (κ1) is 24.2. The molecule has 0 saturated carbocycles. The third-order valence-electron chi connectivity index (χ3n) is 6.52. The summed E-state index contributed by atoms with van der Waals surface area (Å²) in [5.74, 6) is -4.87. The molecular formula is C25H28F3N3O3. The molecule has 2 amide bonds. The van der Waals surface area contributed by atoms with Crippen molar-refractivity contribution in [2.75, 3.05) is 50.8 Å². The first-order valence-electron chi connectivity index (χ1n) is 11.5. The highest BCUT2D eigenvalue weighted by Gasteiger charge is 2.33. The molecule has 0 radical (unpaired) electrons. The minimum absolute atomic E-state index is 0.0172. The fourth-order valence-electron chi connectivity index (χ4n) is 4.58. The topological polar surface area (TPSA) is 53.1 Å². The molecule has 34 heavy (non-hydrogen) atoms. The van der Waals surface area contributed by atoms with Gasteiger partial charge < -0.3 is 14.5 Å². The van der Waals surface area contributed by atoms with Crippen molar-refractivity contribution in [3.8, 4) is 0 Å². The standard InChI is InChI=1S/C25H28F3N3O3/c1-17-20(15-21(26)24(28)23(17)27)25(33)30-9-7-19(8-10-30)31(18-5-3-2-4-6-18)22(32)16-29-11-13-34-14-12-29/h2-6,15,19H,7-14,16H2,1H3. The molecule has 2 heterocycles. The Kier molecular flexibility index (Phi) is 7.53. The van der Waals surface area contributed by atoms with Crippen LogP contribution in [-0.4, -0.2) is 73.6 Å². The van der Waals surface area contributed by atoms with Gasteiger partial charge in [0.05, 0.1) is 19.8 Å². The summed E-state index contributed by atoms with van der Waals surface area (Å²) >= 11 is 0. The van der Waals surface area contributed by atoms with Crippen molar-refractivity contribution in [2.45, 2.75) is 25.8 Å². The Labute approximate surface area is 196 Å². The number of likely N-dealkylation sites (tertiary alicyclic amines) is 1. The van der Waals surface area contributed by atoms with Crippen LogP contribution in [-0.2, 0) is 9.53 Å². The summed E-state index contributed by atoms with van der Waals surface area (Å²) in [4.78, 5) is 31.7. The summed E-state index contributed by atoms with van der Waals surface area (Å²) in [5.41, 5.74) is 0.403. The summed E-state index contributed by atoms with van der Waals surface area (Å²) in [7, 11) is 0. The first-order valence-corrected chi connectivity index (χ1v) is 11.5. The van der Waals surface area contributed by atoms with Gasteiger partial charge in [-0.1, -0.05) is 18.2 Å². The van der Waals surface area contributed by atoms with Gasteiger partial charge in [-0.3, -0.25) is 14.5 Å². The van der Waals surface area contributed by atoms with Crippen LogP contribution in [0.4, 0.5) is 18.9 Å². The molecule has 0 aliphatic carbocycles. The van der Waals surface area contributed by atoms with E-state index in [1.165, 1.54) is 11.8 Å². The smallest absolute Gasteiger partial charge is 0.254 e. The number of hydrogen-bond acceptors (Lipinski definition) is 4. The second-order valence-corrected chi connectivity index (χ2v) is 8.67. The van der Waals surface area contributed by atoms with E-state index in [-0.39, 0.29) is 29.6 Å². The fraction of sp³-hybridized carbons (Fsp3) is 0.440. The Bertz CT molecular complexity index is 1040. The molecule has 2 aliphatic heterocycles. The van der Waals surface area contributed by atoms with E-state index in [2.05, 4.69) is 4.90 Å². The molecule has 182 valence electrons. The lowest BCUT2D eigenvalue weighted by Gasteiger charge is -2.39. The van der Waals surface area contributed by atoms with Gasteiger partial charge in [-0.25, -0.2) is 13.2 Å². The summed E-state index contributed by atoms with van der Waals surface area (Å²) in [5, 5.41) is 0. The van der Waals surface area contributed by atoms with Crippen molar-refractivity contribution >= 4 is 17.5 Å². The molecule has 2 saturated heterocycles. The van der Waals surface area contributed by atoms with Crippen LogP contribution in [0.5, 0.6) is 0 Å². The predicted octanol–water partition coefficient (Wildman–Crippen LogP) is 3.38. The second-order valence-electron chi connectivity index (χ2n) is 8.67. The quantitative estimate of drug-likeness (QED) is 0.623. The second kappa shape index (κ2) is 10.6. The minimum Gasteiger partial charge on any atom is -0.379 e. The lowest BCUT2D eigenvalue weighted by atomic mass is 9.99. The normalized spacial score (nSPS) is 17.6. The highest BCUT2D eigenvalue weighted by atomic mass is 19.2. The fourth-order valence-corrected chi connectivity index (χ4v) is 4.58. The number of ether oxygens (including phenoxy) is 1. The Balaban J connectivity index is 1.47. The molecule has 2 aromatic carbocycles. The highest BCUT2D eigenvalue weighted by molar-refractivity contribution is 5.97. The van der Waals surface area contributed by atoms with Gasteiger partial charge in [-0.2, -0.15) is 0 Å². The third kappa shape index (κ3) is 5.10. The number of amides is 2. The number of carbonyl (C=O) groups is 2. The average Bonchev–Trinajstić information content (AvgIpc) is 2.86. The van der Waals surface area contributed by atoms with Gasteiger partial charge in [-0.05, 0) is 38.0 Å². The van der Waals surface area contributed by atoms with Crippen molar-refractivity contribution in [1.82, 2.24) is 9.80 Å². The van der Waals surface area contributed by atoms with E-state index >= 15 is 0 Å². The van der Waals surface area contributed by atoms with Gasteiger partial charge in [-0.15, -0.1) is 0 Å². The average molecular weight is 476 g/mol. The molecule has 6 nitrogen and oxygen atoms in total. The van der Waals surface area contributed by atoms with E-state index in [0.29, 0.717) is 52.2 Å². The van der Waals surface area contributed by atoms with Crippen LogP contribution in [0.15, 0.2) is 36.4 Å². The van der Waals surface area contributed by atoms with E-state index in [0.717, 1.165) is 11.8 Å². The molecule has 0 bridgehead atoms. The largest absolute Gasteiger partial charge is 0.379 e. The SMILES string of the molecule is Cc1c(C(=O)N2CCC(N(C(=O)CN3CCOCC3)c3ccccc3)CC2)cc(F)c(F)c1F. The summed E-state index contributed by atoms with van der Waals surface area (Å²) in [6.07, 6.45) is 1.03. The zero-order chi connectivity index (χ0) is 24.2. The zero-order valence-corrected chi connectivity index (χ0v) is 19.1. The third-order valence-corrected chi connectivity index (χ3v) is 6.52. The Hall–Kier alpha value is -2.91. The van der Waals surface area contributed by atoms with Crippen molar-refractivity contribution in [3.63, 3.8) is 0 Å². The molecule has 4 rings (SSSR count). The molecule has 9 heteroatoms. The number of anilines is 1. The number of nitrogens with zero attached hydrogens (tertiary/aromatic N) is 3. The molecular weight excluding hydrogens is 447 g/mol. The van der Waals surface area contributed by atoms with Crippen molar-refractivity contribution in [1.29, 1.82) is 0 Å². The van der Waals surface area contributed by atoms with Gasteiger partial charge in [0.15, 0.2) is 17.5 Å². The van der Waals surface area contributed by atoms with Crippen LogP contribution in [0.25, 0.3) is 0 Å². The summed E-state index contributed by atoms with van der Waals surface area (Å²) < 4.78 is 46.6. The summed E-state index contributed by atoms with van der Waals surface area (Å²) in [6.45, 7) is 4.78. The Morgan fingerprint density at radius 2 is 1.65 bits per heavy atom. The summed E-state index contributed by atoms with van der Waals surface area (Å²) in [6, 6.07) is 10.1. The van der Waals surface area contributed by atoms with Crippen molar-refractivity contribution in [3.05, 3.63) is 65.0 Å². The number of para-hydroxylation sites is 1. The van der Waals surface area contributed by atoms with E-state index in [1.54, 1.807) is 4.90 Å². The number of halogens is 3. The number of morpholine rings is 1. The monoisotopic (exact) mass is 475 g/mol. The molecule has 0 spiro atoms. The number of carbonyl (C=O) groups excluding carboxylic acids is 2. The number of benzene rings is 2. The van der Waals surface area contributed by atoms with Crippen molar-refractivity contribution in [2.24, 2.45) is 0 Å². The van der Waals surface area contributed by atoms with Crippen LogP contribution in [0, 0.1) is 24.4 Å². The molecule has 0 unspecified atom stereocenters. The number of hydrogen-bond donors (Lipinski definition) is 0. The van der Waals surface area contributed by atoms with Gasteiger partial charge in [0, 0.05) is 49.0 Å². The number of piperidine rings is 1. The first-order chi connectivity index (χ1) is 16.4.